The van der Waals surface area contributed by atoms with Crippen LogP contribution in [0.4, 0.5) is 0 Å². The fourth-order valence-electron chi connectivity index (χ4n) is 1.38. The standard InChI is InChI=1S/C11H17N3/c1-5-11(6-2)12-7-10-8-14(4)13-9(10)3/h1,8,11-12H,6-7H2,2-4H3. The van der Waals surface area contributed by atoms with Crippen LogP contribution in [0.1, 0.15) is 24.6 Å². The lowest BCUT2D eigenvalue weighted by Gasteiger charge is -2.09. The predicted molar refractivity (Wildman–Crippen MR) is 57.7 cm³/mol. The zero-order chi connectivity index (χ0) is 10.6. The van der Waals surface area contributed by atoms with Crippen molar-refractivity contribution in [3.8, 4) is 12.3 Å². The number of hydrogen-bond acceptors (Lipinski definition) is 2. The summed E-state index contributed by atoms with van der Waals surface area (Å²) in [6, 6.07) is 0.162. The van der Waals surface area contributed by atoms with Gasteiger partial charge in [-0.05, 0) is 13.3 Å². The van der Waals surface area contributed by atoms with Crippen molar-refractivity contribution < 1.29 is 0 Å². The molecule has 0 aliphatic carbocycles. The van der Waals surface area contributed by atoms with Crippen LogP contribution in [0, 0.1) is 19.3 Å². The lowest BCUT2D eigenvalue weighted by atomic mass is 10.2. The van der Waals surface area contributed by atoms with Gasteiger partial charge in [-0.3, -0.25) is 10.00 Å². The van der Waals surface area contributed by atoms with Crippen molar-refractivity contribution in [1.29, 1.82) is 0 Å². The number of rotatable bonds is 4. The lowest BCUT2D eigenvalue weighted by molar-refractivity contribution is 0.591. The first-order valence-corrected chi connectivity index (χ1v) is 4.86. The van der Waals surface area contributed by atoms with E-state index in [1.54, 1.807) is 0 Å². The highest BCUT2D eigenvalue weighted by Crippen LogP contribution is 2.04. The Hall–Kier alpha value is -1.27. The summed E-state index contributed by atoms with van der Waals surface area (Å²) >= 11 is 0. The van der Waals surface area contributed by atoms with Gasteiger partial charge in [-0.1, -0.05) is 12.8 Å². The Morgan fingerprint density at radius 2 is 2.43 bits per heavy atom. The van der Waals surface area contributed by atoms with E-state index in [1.165, 1.54) is 5.56 Å². The summed E-state index contributed by atoms with van der Waals surface area (Å²) in [5, 5.41) is 7.57. The van der Waals surface area contributed by atoms with E-state index in [1.807, 2.05) is 24.9 Å². The lowest BCUT2D eigenvalue weighted by Crippen LogP contribution is -2.26. The predicted octanol–water partition coefficient (Wildman–Crippen LogP) is 1.23. The van der Waals surface area contributed by atoms with E-state index in [9.17, 15) is 0 Å². The average Bonchev–Trinajstić information content (AvgIpc) is 2.47. The molecule has 76 valence electrons. The van der Waals surface area contributed by atoms with Crippen LogP contribution in [0.2, 0.25) is 0 Å². The van der Waals surface area contributed by atoms with Crippen LogP contribution in [-0.4, -0.2) is 15.8 Å². The van der Waals surface area contributed by atoms with Crippen LogP contribution in [-0.2, 0) is 13.6 Å². The van der Waals surface area contributed by atoms with E-state index in [4.69, 9.17) is 6.42 Å². The van der Waals surface area contributed by atoms with Gasteiger partial charge in [0, 0.05) is 25.4 Å². The fourth-order valence-corrected chi connectivity index (χ4v) is 1.38. The van der Waals surface area contributed by atoms with Gasteiger partial charge in [-0.25, -0.2) is 0 Å². The Balaban J connectivity index is 2.53. The summed E-state index contributed by atoms with van der Waals surface area (Å²) in [7, 11) is 1.93. The van der Waals surface area contributed by atoms with Crippen LogP contribution in [0.5, 0.6) is 0 Å². The topological polar surface area (TPSA) is 29.9 Å². The number of aryl methyl sites for hydroxylation is 2. The number of aromatic nitrogens is 2. The van der Waals surface area contributed by atoms with Crippen LogP contribution in [0.3, 0.4) is 0 Å². The smallest absolute Gasteiger partial charge is 0.0686 e. The highest BCUT2D eigenvalue weighted by molar-refractivity contribution is 5.15. The van der Waals surface area contributed by atoms with Gasteiger partial charge in [0.2, 0.25) is 0 Å². The molecule has 0 bridgehead atoms. The van der Waals surface area contributed by atoms with E-state index in [0.29, 0.717) is 0 Å². The summed E-state index contributed by atoms with van der Waals surface area (Å²) in [6.45, 7) is 4.88. The van der Waals surface area contributed by atoms with Crippen molar-refractivity contribution in [3.63, 3.8) is 0 Å². The number of terminal acetylenes is 1. The molecule has 0 aromatic carbocycles. The maximum Gasteiger partial charge on any atom is 0.0686 e. The number of nitrogens with one attached hydrogen (secondary N) is 1. The van der Waals surface area contributed by atoms with Crippen molar-refractivity contribution >= 4 is 0 Å². The van der Waals surface area contributed by atoms with Gasteiger partial charge >= 0.3 is 0 Å². The molecular weight excluding hydrogens is 174 g/mol. The van der Waals surface area contributed by atoms with Gasteiger partial charge in [0.25, 0.3) is 0 Å². The molecule has 0 amide bonds. The molecule has 1 unspecified atom stereocenters. The third kappa shape index (κ3) is 2.61. The molecule has 0 fully saturated rings. The van der Waals surface area contributed by atoms with Crippen molar-refractivity contribution in [1.82, 2.24) is 15.1 Å². The number of hydrogen-bond donors (Lipinski definition) is 1. The van der Waals surface area contributed by atoms with Crippen LogP contribution in [0.25, 0.3) is 0 Å². The van der Waals surface area contributed by atoms with Gasteiger partial charge in [0.05, 0.1) is 11.7 Å². The van der Waals surface area contributed by atoms with E-state index >= 15 is 0 Å². The molecule has 1 N–H and O–H groups in total. The second-order valence-electron chi connectivity index (χ2n) is 3.42. The van der Waals surface area contributed by atoms with E-state index in [0.717, 1.165) is 18.7 Å². The Bertz CT molecular complexity index is 333. The molecule has 1 heterocycles. The minimum atomic E-state index is 0.162. The second-order valence-corrected chi connectivity index (χ2v) is 3.42. The van der Waals surface area contributed by atoms with Crippen LogP contribution < -0.4 is 5.32 Å². The van der Waals surface area contributed by atoms with E-state index < -0.39 is 0 Å². The van der Waals surface area contributed by atoms with Crippen molar-refractivity contribution in [3.05, 3.63) is 17.5 Å². The Morgan fingerprint density at radius 1 is 1.71 bits per heavy atom. The first-order chi connectivity index (χ1) is 6.67. The first kappa shape index (κ1) is 10.8. The van der Waals surface area contributed by atoms with E-state index in [2.05, 4.69) is 23.3 Å². The number of nitrogens with zero attached hydrogens (tertiary/aromatic N) is 2. The normalized spacial score (nSPS) is 12.4. The minimum Gasteiger partial charge on any atom is -0.299 e. The van der Waals surface area contributed by atoms with Gasteiger partial charge in [0.15, 0.2) is 0 Å². The maximum absolute atomic E-state index is 5.36. The zero-order valence-corrected chi connectivity index (χ0v) is 9.04. The largest absolute Gasteiger partial charge is 0.299 e. The third-order valence-corrected chi connectivity index (χ3v) is 2.26. The molecule has 1 aromatic rings. The monoisotopic (exact) mass is 191 g/mol. The Kier molecular flexibility index (Phi) is 3.73. The molecule has 3 nitrogen and oxygen atoms in total. The quantitative estimate of drug-likeness (QED) is 0.725. The molecule has 1 aromatic heterocycles. The molecule has 0 aliphatic heterocycles. The molecule has 0 saturated carbocycles. The highest BCUT2D eigenvalue weighted by atomic mass is 15.2. The molecule has 0 saturated heterocycles. The summed E-state index contributed by atoms with van der Waals surface area (Å²) < 4.78 is 1.82. The second kappa shape index (κ2) is 4.83. The molecule has 1 rings (SSSR count). The Labute approximate surface area is 85.5 Å². The van der Waals surface area contributed by atoms with Crippen molar-refractivity contribution in [2.45, 2.75) is 32.9 Å². The summed E-state index contributed by atoms with van der Waals surface area (Å²) in [6.07, 6.45) is 8.33. The molecule has 14 heavy (non-hydrogen) atoms. The molecule has 0 aliphatic rings. The third-order valence-electron chi connectivity index (χ3n) is 2.26. The Morgan fingerprint density at radius 3 is 2.86 bits per heavy atom. The SMILES string of the molecule is C#CC(CC)NCc1cn(C)nc1C. The van der Waals surface area contributed by atoms with Crippen molar-refractivity contribution in [2.24, 2.45) is 7.05 Å². The van der Waals surface area contributed by atoms with Crippen LogP contribution in [0.15, 0.2) is 6.20 Å². The molecule has 3 heteroatoms. The average molecular weight is 191 g/mol. The molecule has 1 atom stereocenters. The maximum atomic E-state index is 5.36. The van der Waals surface area contributed by atoms with Gasteiger partial charge in [-0.2, -0.15) is 5.10 Å². The van der Waals surface area contributed by atoms with E-state index in [-0.39, 0.29) is 6.04 Å². The van der Waals surface area contributed by atoms with Gasteiger partial charge in [0.1, 0.15) is 0 Å². The molecule has 0 radical (unpaired) electrons. The van der Waals surface area contributed by atoms with Gasteiger partial charge in [-0.15, -0.1) is 6.42 Å². The fraction of sp³-hybridized carbons (Fsp3) is 0.545. The summed E-state index contributed by atoms with van der Waals surface area (Å²) in [4.78, 5) is 0. The van der Waals surface area contributed by atoms with Crippen molar-refractivity contribution in [2.75, 3.05) is 0 Å². The zero-order valence-electron chi connectivity index (χ0n) is 9.04. The summed E-state index contributed by atoms with van der Waals surface area (Å²) in [5.74, 6) is 2.71. The summed E-state index contributed by atoms with van der Waals surface area (Å²) in [5.41, 5.74) is 2.27. The first-order valence-electron chi connectivity index (χ1n) is 4.86. The highest BCUT2D eigenvalue weighted by Gasteiger charge is 2.05. The molecular formula is C11H17N3. The molecule has 0 spiro atoms. The minimum absolute atomic E-state index is 0.162. The van der Waals surface area contributed by atoms with Crippen LogP contribution >= 0.6 is 0 Å². The van der Waals surface area contributed by atoms with Gasteiger partial charge < -0.3 is 0 Å².